The molecule has 7 heteroatoms. The number of ether oxygens (including phenoxy) is 1. The van der Waals surface area contributed by atoms with Gasteiger partial charge in [0.25, 0.3) is 0 Å². The summed E-state index contributed by atoms with van der Waals surface area (Å²) in [6.07, 6.45) is 7.71. The Kier molecular flexibility index (Phi) is 4.81. The van der Waals surface area contributed by atoms with Gasteiger partial charge in [-0.2, -0.15) is 0 Å². The van der Waals surface area contributed by atoms with E-state index in [1.165, 1.54) is 24.5 Å². The monoisotopic (exact) mass is 408 g/mol. The van der Waals surface area contributed by atoms with Crippen molar-refractivity contribution < 1.29 is 13.5 Å². The summed E-state index contributed by atoms with van der Waals surface area (Å²) in [5.74, 6) is 1.17. The van der Waals surface area contributed by atoms with Gasteiger partial charge in [0.2, 0.25) is 5.95 Å². The number of halogens is 2. The van der Waals surface area contributed by atoms with Crippen molar-refractivity contribution in [1.82, 2.24) is 15.0 Å². The lowest BCUT2D eigenvalue weighted by Gasteiger charge is -2.20. The van der Waals surface area contributed by atoms with Crippen LogP contribution in [0.25, 0.3) is 11.1 Å². The molecule has 2 aliphatic rings. The zero-order valence-corrected chi connectivity index (χ0v) is 16.6. The summed E-state index contributed by atoms with van der Waals surface area (Å²) in [5, 5.41) is 0. The molecule has 2 aromatic heterocycles. The van der Waals surface area contributed by atoms with E-state index in [2.05, 4.69) is 26.8 Å². The van der Waals surface area contributed by atoms with Gasteiger partial charge < -0.3 is 9.64 Å². The maximum absolute atomic E-state index is 14.5. The van der Waals surface area contributed by atoms with Crippen molar-refractivity contribution in [2.45, 2.75) is 13.3 Å². The van der Waals surface area contributed by atoms with Gasteiger partial charge in [0, 0.05) is 55.9 Å². The first-order chi connectivity index (χ1) is 14.6. The highest BCUT2D eigenvalue weighted by atomic mass is 19.1. The lowest BCUT2D eigenvalue weighted by atomic mass is 10.1. The SMILES string of the molecule is CCc1cnc(N2C[C@@H]3C(COc4cc(F)c(-c5ccncc5)c(F)c4)[C@@H]3C2)nc1. The second-order valence-corrected chi connectivity index (χ2v) is 7.95. The number of hydrogen-bond acceptors (Lipinski definition) is 5. The average molecular weight is 408 g/mol. The molecule has 30 heavy (non-hydrogen) atoms. The smallest absolute Gasteiger partial charge is 0.225 e. The Morgan fingerprint density at radius 1 is 1.03 bits per heavy atom. The van der Waals surface area contributed by atoms with Crippen molar-refractivity contribution >= 4 is 5.95 Å². The zero-order chi connectivity index (χ0) is 20.7. The topological polar surface area (TPSA) is 51.1 Å². The van der Waals surface area contributed by atoms with Crippen molar-refractivity contribution in [2.24, 2.45) is 17.8 Å². The van der Waals surface area contributed by atoms with Crippen LogP contribution in [-0.4, -0.2) is 34.6 Å². The third kappa shape index (κ3) is 3.49. The second-order valence-electron chi connectivity index (χ2n) is 7.95. The molecule has 3 atom stereocenters. The lowest BCUT2D eigenvalue weighted by molar-refractivity contribution is 0.280. The van der Waals surface area contributed by atoms with E-state index < -0.39 is 11.6 Å². The summed E-state index contributed by atoms with van der Waals surface area (Å²) in [5.41, 5.74) is 1.53. The fourth-order valence-electron chi connectivity index (χ4n) is 4.37. The molecule has 0 amide bonds. The molecule has 3 aromatic rings. The molecular weight excluding hydrogens is 386 g/mol. The number of piperidine rings is 1. The Morgan fingerprint density at radius 2 is 1.67 bits per heavy atom. The van der Waals surface area contributed by atoms with E-state index in [4.69, 9.17) is 4.74 Å². The van der Waals surface area contributed by atoms with Gasteiger partial charge in [0.15, 0.2) is 0 Å². The number of rotatable bonds is 6. The van der Waals surface area contributed by atoms with Crippen LogP contribution in [0.4, 0.5) is 14.7 Å². The van der Waals surface area contributed by atoms with Gasteiger partial charge in [-0.3, -0.25) is 4.98 Å². The van der Waals surface area contributed by atoms with E-state index in [1.54, 1.807) is 12.1 Å². The van der Waals surface area contributed by atoms with Crippen molar-refractivity contribution in [2.75, 3.05) is 24.6 Å². The summed E-state index contributed by atoms with van der Waals surface area (Å²) >= 11 is 0. The van der Waals surface area contributed by atoms with Crippen molar-refractivity contribution in [3.63, 3.8) is 0 Å². The summed E-state index contributed by atoms with van der Waals surface area (Å²) in [6.45, 7) is 4.34. The van der Waals surface area contributed by atoms with Crippen LogP contribution in [-0.2, 0) is 6.42 Å². The van der Waals surface area contributed by atoms with E-state index in [9.17, 15) is 8.78 Å². The van der Waals surface area contributed by atoms with E-state index in [0.717, 1.165) is 31.0 Å². The molecule has 3 heterocycles. The molecule has 0 radical (unpaired) electrons. The quantitative estimate of drug-likeness (QED) is 0.614. The summed E-state index contributed by atoms with van der Waals surface area (Å²) < 4.78 is 34.7. The standard InChI is InChI=1S/C23H22F2N4O/c1-2-14-9-27-23(28-10-14)29-11-17-18(12-29)19(17)13-30-16-7-20(24)22(21(25)8-16)15-3-5-26-6-4-15/h3-10,17-19H,2,11-13H2,1H3/t17-,18+,19?. The molecule has 1 unspecified atom stereocenters. The number of nitrogens with zero attached hydrogens (tertiary/aromatic N) is 4. The number of hydrogen-bond donors (Lipinski definition) is 0. The molecule has 154 valence electrons. The van der Waals surface area contributed by atoms with Crippen molar-refractivity contribution in [3.8, 4) is 16.9 Å². The second kappa shape index (κ2) is 7.63. The minimum Gasteiger partial charge on any atom is -0.493 e. The number of anilines is 1. The molecule has 1 aromatic carbocycles. The van der Waals surface area contributed by atoms with E-state index in [0.29, 0.717) is 29.9 Å². The summed E-state index contributed by atoms with van der Waals surface area (Å²) in [6, 6.07) is 5.68. The fraction of sp³-hybridized carbons (Fsp3) is 0.348. The first-order valence-electron chi connectivity index (χ1n) is 10.2. The van der Waals surface area contributed by atoms with Crippen LogP contribution < -0.4 is 9.64 Å². The molecule has 1 saturated heterocycles. The third-order valence-corrected chi connectivity index (χ3v) is 6.18. The first-order valence-corrected chi connectivity index (χ1v) is 10.2. The van der Waals surface area contributed by atoms with Crippen LogP contribution in [0.5, 0.6) is 5.75 Å². The fourth-order valence-corrected chi connectivity index (χ4v) is 4.37. The molecule has 5 rings (SSSR count). The van der Waals surface area contributed by atoms with Gasteiger partial charge in [0.1, 0.15) is 17.4 Å². The Bertz CT molecular complexity index is 1010. The van der Waals surface area contributed by atoms with E-state index >= 15 is 0 Å². The number of fused-ring (bicyclic) bond motifs is 1. The van der Waals surface area contributed by atoms with Crippen LogP contribution in [0.2, 0.25) is 0 Å². The van der Waals surface area contributed by atoms with Gasteiger partial charge in [-0.25, -0.2) is 18.7 Å². The predicted molar refractivity (Wildman–Crippen MR) is 109 cm³/mol. The highest BCUT2D eigenvalue weighted by molar-refractivity contribution is 5.65. The van der Waals surface area contributed by atoms with Crippen LogP contribution in [0.15, 0.2) is 49.1 Å². The average Bonchev–Trinajstić information content (AvgIpc) is 3.21. The normalized spacial score (nSPS) is 22.1. The minimum atomic E-state index is -0.633. The molecule has 0 spiro atoms. The molecule has 1 saturated carbocycles. The first kappa shape index (κ1) is 18.9. The largest absolute Gasteiger partial charge is 0.493 e. The highest BCUT2D eigenvalue weighted by Crippen LogP contribution is 2.52. The van der Waals surface area contributed by atoms with Crippen LogP contribution >= 0.6 is 0 Å². The van der Waals surface area contributed by atoms with Crippen molar-refractivity contribution in [3.05, 3.63) is 66.3 Å². The Balaban J connectivity index is 1.19. The Labute approximate surface area is 173 Å². The number of aryl methyl sites for hydroxylation is 1. The maximum atomic E-state index is 14.5. The molecule has 1 aliphatic carbocycles. The summed E-state index contributed by atoms with van der Waals surface area (Å²) in [7, 11) is 0. The number of benzene rings is 1. The third-order valence-electron chi connectivity index (χ3n) is 6.18. The van der Waals surface area contributed by atoms with Gasteiger partial charge in [0.05, 0.1) is 12.2 Å². The zero-order valence-electron chi connectivity index (χ0n) is 16.6. The van der Waals surface area contributed by atoms with Gasteiger partial charge >= 0.3 is 0 Å². The van der Waals surface area contributed by atoms with Gasteiger partial charge in [-0.05, 0) is 41.5 Å². The van der Waals surface area contributed by atoms with Crippen LogP contribution in [0.3, 0.4) is 0 Å². The molecule has 0 N–H and O–H groups in total. The molecule has 1 aliphatic heterocycles. The summed E-state index contributed by atoms with van der Waals surface area (Å²) in [4.78, 5) is 15.0. The van der Waals surface area contributed by atoms with Crippen LogP contribution in [0, 0.1) is 29.4 Å². The Hall–Kier alpha value is -3.09. The van der Waals surface area contributed by atoms with E-state index in [1.807, 2.05) is 12.4 Å². The molecule has 5 nitrogen and oxygen atoms in total. The number of pyridine rings is 1. The van der Waals surface area contributed by atoms with E-state index in [-0.39, 0.29) is 11.3 Å². The lowest BCUT2D eigenvalue weighted by Crippen LogP contribution is -2.27. The van der Waals surface area contributed by atoms with Gasteiger partial charge in [-0.15, -0.1) is 0 Å². The molecule has 0 bridgehead atoms. The number of aromatic nitrogens is 3. The Morgan fingerprint density at radius 3 is 2.27 bits per heavy atom. The molecule has 2 fully saturated rings. The van der Waals surface area contributed by atoms with Crippen LogP contribution in [0.1, 0.15) is 12.5 Å². The van der Waals surface area contributed by atoms with Gasteiger partial charge in [-0.1, -0.05) is 6.92 Å². The minimum absolute atomic E-state index is 0.0576. The maximum Gasteiger partial charge on any atom is 0.225 e. The highest BCUT2D eigenvalue weighted by Gasteiger charge is 2.56. The predicted octanol–water partition coefficient (Wildman–Crippen LogP) is 4.14. The van der Waals surface area contributed by atoms with Crippen molar-refractivity contribution in [1.29, 1.82) is 0 Å². The molecular formula is C23H22F2N4O.